The van der Waals surface area contributed by atoms with Gasteiger partial charge in [-0.2, -0.15) is 0 Å². The van der Waals surface area contributed by atoms with Crippen molar-refractivity contribution in [2.45, 2.75) is 17.6 Å². The number of fused-ring (bicyclic) bond motifs is 15. The molecule has 0 unspecified atom stereocenters. The van der Waals surface area contributed by atoms with Crippen LogP contribution >= 0.6 is 0 Å². The van der Waals surface area contributed by atoms with Gasteiger partial charge in [-0.1, -0.05) is 12.1 Å². The van der Waals surface area contributed by atoms with Gasteiger partial charge in [0.1, 0.15) is 0 Å². The minimum atomic E-state index is -0.688. The van der Waals surface area contributed by atoms with Gasteiger partial charge in [0.2, 0.25) is 11.8 Å². The molecule has 5 rings (SSSR count). The number of hydrogen-bond acceptors (Lipinski definition) is 12. The van der Waals surface area contributed by atoms with E-state index in [9.17, 15) is 15.0 Å². The number of aromatic nitrogens is 1. The molecule has 0 saturated carbocycles. The topological polar surface area (TPSA) is 182 Å². The number of nitrogens with one attached hydrogen (secondary N) is 7. The van der Waals surface area contributed by atoms with E-state index in [2.05, 4.69) is 37.2 Å². The molecule has 13 nitrogen and oxygen atoms in total. The Morgan fingerprint density at radius 1 is 0.769 bits per heavy atom. The number of benzene rings is 1. The van der Waals surface area contributed by atoms with Crippen LogP contribution in [0.25, 0.3) is 0 Å². The monoisotopic (exact) mass is 545 g/mol. The highest BCUT2D eigenvalue weighted by Gasteiger charge is 2.30. The molecule has 0 atom stereocenters. The van der Waals surface area contributed by atoms with E-state index in [1.54, 1.807) is 12.1 Å². The van der Waals surface area contributed by atoms with Crippen molar-refractivity contribution >= 4 is 5.97 Å². The molecule has 2 bridgehead atoms. The molecule has 11 N–H and O–H groups in total. The van der Waals surface area contributed by atoms with Gasteiger partial charge in [0.05, 0.1) is 16.6 Å². The van der Waals surface area contributed by atoms with Crippen LogP contribution in [-0.4, -0.2) is 111 Å². The van der Waals surface area contributed by atoms with Gasteiger partial charge in [0, 0.05) is 97.2 Å². The first-order chi connectivity index (χ1) is 18.9. The van der Waals surface area contributed by atoms with Gasteiger partial charge >= 0.3 is 5.97 Å². The van der Waals surface area contributed by atoms with Crippen LogP contribution in [0.2, 0.25) is 0 Å². The smallest absolute Gasteiger partial charge is 0.363 e. The van der Waals surface area contributed by atoms with Gasteiger partial charge in [0.25, 0.3) is 0 Å². The number of rotatable bonds is 5. The lowest BCUT2D eigenvalue weighted by molar-refractivity contribution is 0.0381. The lowest BCUT2D eigenvalue weighted by Crippen LogP contribution is -2.66. The van der Waals surface area contributed by atoms with Crippen molar-refractivity contribution < 1.29 is 19.8 Å². The van der Waals surface area contributed by atoms with Crippen LogP contribution in [0.1, 0.15) is 15.9 Å². The molecule has 4 heterocycles. The van der Waals surface area contributed by atoms with Crippen molar-refractivity contribution in [3.05, 3.63) is 47.5 Å². The van der Waals surface area contributed by atoms with E-state index in [4.69, 9.17) is 10.6 Å². The summed E-state index contributed by atoms with van der Waals surface area (Å²) in [4.78, 5) is 17.6. The standard InChI is InChI=1S/C26H43N9O4/c27-25-14-28-7-10-31-17-26(18-32-11-8-29-15-25,19-33-12-9-30-16-25)34-13-20-1-3-21(4-2-20)24(38)39-35-22(36)5-6-23(35)37/h1-6,28-34,36-37H,7-19,27H2. The second kappa shape index (κ2) is 14.1. The predicted molar refractivity (Wildman–Crippen MR) is 149 cm³/mol. The Morgan fingerprint density at radius 2 is 1.21 bits per heavy atom. The highest BCUT2D eigenvalue weighted by atomic mass is 16.7. The molecule has 13 heteroatoms. The third-order valence-electron chi connectivity index (χ3n) is 7.09. The van der Waals surface area contributed by atoms with Gasteiger partial charge < -0.3 is 58.0 Å². The third kappa shape index (κ3) is 8.62. The van der Waals surface area contributed by atoms with Crippen molar-refractivity contribution in [1.29, 1.82) is 0 Å². The molecule has 2 aromatic rings. The Labute approximate surface area is 229 Å². The van der Waals surface area contributed by atoms with Crippen molar-refractivity contribution in [3.8, 4) is 11.8 Å². The Morgan fingerprint density at radius 3 is 1.67 bits per heavy atom. The SMILES string of the molecule is NC12CNCCNCC(NCc3ccc(C(=O)On4c(O)ccc4O)cc3)(CNCCNC1)CNCCNC2. The summed E-state index contributed by atoms with van der Waals surface area (Å²) in [5.41, 5.74) is 7.39. The van der Waals surface area contributed by atoms with E-state index in [0.29, 0.717) is 16.8 Å². The first-order valence-corrected chi connectivity index (χ1v) is 13.6. The molecule has 0 radical (unpaired) electrons. The van der Waals surface area contributed by atoms with E-state index in [1.807, 2.05) is 12.1 Å². The first-order valence-electron chi connectivity index (χ1n) is 13.6. The van der Waals surface area contributed by atoms with Crippen LogP contribution in [0.15, 0.2) is 36.4 Å². The maximum absolute atomic E-state index is 12.5. The minimum absolute atomic E-state index is 0.257. The molecule has 216 valence electrons. The summed E-state index contributed by atoms with van der Waals surface area (Å²) < 4.78 is 0.678. The average Bonchev–Trinajstić information content (AvgIpc) is 3.25. The van der Waals surface area contributed by atoms with Gasteiger partial charge in [-0.3, -0.25) is 0 Å². The zero-order valence-electron chi connectivity index (χ0n) is 22.4. The lowest BCUT2D eigenvalue weighted by Gasteiger charge is -2.37. The molecule has 3 aliphatic rings. The molecule has 1 aromatic heterocycles. The second-order valence-corrected chi connectivity index (χ2v) is 10.5. The first kappa shape index (κ1) is 29.2. The Balaban J connectivity index is 1.41. The van der Waals surface area contributed by atoms with Crippen LogP contribution in [0, 0.1) is 0 Å². The number of nitrogens with two attached hydrogens (primary N) is 1. The van der Waals surface area contributed by atoms with Crippen molar-refractivity contribution in [3.63, 3.8) is 0 Å². The molecule has 1 aromatic carbocycles. The lowest BCUT2D eigenvalue weighted by atomic mass is 9.97. The minimum Gasteiger partial charge on any atom is -0.492 e. The van der Waals surface area contributed by atoms with Gasteiger partial charge in [0.15, 0.2) is 0 Å². The Kier molecular flexibility index (Phi) is 10.5. The molecule has 0 aliphatic carbocycles. The molecule has 3 aliphatic heterocycles. The third-order valence-corrected chi connectivity index (χ3v) is 7.09. The van der Waals surface area contributed by atoms with Crippen molar-refractivity contribution in [2.24, 2.45) is 5.73 Å². The summed E-state index contributed by atoms with van der Waals surface area (Å²) in [6.45, 7) is 10.0. The van der Waals surface area contributed by atoms with E-state index in [0.717, 1.165) is 84.1 Å². The summed E-state index contributed by atoms with van der Waals surface area (Å²) in [6.07, 6.45) is 0. The van der Waals surface area contributed by atoms with Gasteiger partial charge in [-0.25, -0.2) is 4.79 Å². The Bertz CT molecular complexity index is 984. The fourth-order valence-corrected chi connectivity index (χ4v) is 4.77. The zero-order chi connectivity index (χ0) is 27.6. The maximum atomic E-state index is 12.5. The fraction of sp³-hybridized carbons (Fsp3) is 0.577. The number of carbonyl (C=O) groups excluding carboxylic acids is 1. The number of carbonyl (C=O) groups is 1. The van der Waals surface area contributed by atoms with Crippen molar-refractivity contribution in [2.75, 3.05) is 78.5 Å². The summed E-state index contributed by atoms with van der Waals surface area (Å²) in [6, 6.07) is 9.55. The predicted octanol–water partition coefficient (Wildman–Crippen LogP) is -2.74. The van der Waals surface area contributed by atoms with Crippen LogP contribution in [-0.2, 0) is 6.54 Å². The molecule has 0 amide bonds. The highest BCUT2D eigenvalue weighted by molar-refractivity contribution is 5.89. The summed E-state index contributed by atoms with van der Waals surface area (Å²) in [5.74, 6) is -1.41. The van der Waals surface area contributed by atoms with E-state index < -0.39 is 5.97 Å². The zero-order valence-corrected chi connectivity index (χ0v) is 22.4. The van der Waals surface area contributed by atoms with Crippen LogP contribution < -0.4 is 47.8 Å². The number of nitrogens with zero attached hydrogens (tertiary/aromatic N) is 1. The number of aromatic hydroxyl groups is 2. The fourth-order valence-electron chi connectivity index (χ4n) is 4.77. The van der Waals surface area contributed by atoms with Crippen LogP contribution in [0.5, 0.6) is 11.8 Å². The van der Waals surface area contributed by atoms with Gasteiger partial charge in [-0.15, -0.1) is 4.73 Å². The molecule has 0 spiro atoms. The molecular weight excluding hydrogens is 502 g/mol. The second-order valence-electron chi connectivity index (χ2n) is 10.5. The van der Waals surface area contributed by atoms with E-state index >= 15 is 0 Å². The molecular formula is C26H43N9O4. The van der Waals surface area contributed by atoms with Gasteiger partial charge in [-0.05, 0) is 17.7 Å². The quantitative estimate of drug-likeness (QED) is 0.187. The average molecular weight is 546 g/mol. The van der Waals surface area contributed by atoms with E-state index in [-0.39, 0.29) is 22.8 Å². The summed E-state index contributed by atoms with van der Waals surface area (Å²) in [7, 11) is 0. The normalized spacial score (nSPS) is 26.0. The Hall–Kier alpha value is -2.75. The summed E-state index contributed by atoms with van der Waals surface area (Å²) in [5, 5.41) is 44.5. The molecule has 3 fully saturated rings. The van der Waals surface area contributed by atoms with Crippen LogP contribution in [0.3, 0.4) is 0 Å². The molecule has 3 saturated heterocycles. The maximum Gasteiger partial charge on any atom is 0.363 e. The van der Waals surface area contributed by atoms with Crippen LogP contribution in [0.4, 0.5) is 0 Å². The molecule has 39 heavy (non-hydrogen) atoms. The summed E-state index contributed by atoms with van der Waals surface area (Å²) >= 11 is 0. The largest absolute Gasteiger partial charge is 0.492 e. The number of hydrogen-bond donors (Lipinski definition) is 10. The van der Waals surface area contributed by atoms with Crippen molar-refractivity contribution in [1.82, 2.24) is 41.9 Å². The van der Waals surface area contributed by atoms with E-state index in [1.165, 1.54) is 12.1 Å². The highest BCUT2D eigenvalue weighted by Crippen LogP contribution is 2.19.